The third-order valence-electron chi connectivity index (χ3n) is 7.26. The van der Waals surface area contributed by atoms with Gasteiger partial charge in [-0.1, -0.05) is 58.1 Å². The second kappa shape index (κ2) is 11.0. The van der Waals surface area contributed by atoms with Crippen LogP contribution in [0.15, 0.2) is 24.3 Å². The van der Waals surface area contributed by atoms with Crippen LogP contribution in [0.4, 0.5) is 0 Å². The largest absolute Gasteiger partial charge is 0.426 e. The summed E-state index contributed by atoms with van der Waals surface area (Å²) in [6, 6.07) is 8.40. The first-order valence-corrected chi connectivity index (χ1v) is 12.0. The standard InChI is InChI=1S/C26H40O2/c1-3-5-7-21-10-14-24(15-11-21)26(27)28-25-18-16-23(17-19-25)22-12-8-20(6-4-2)9-13-22/h16-22,24H,3-15H2,1-2H3/t20?,21-,22?,24-. The van der Waals surface area contributed by atoms with Crippen LogP contribution in [0.5, 0.6) is 5.75 Å². The summed E-state index contributed by atoms with van der Waals surface area (Å²) in [6.45, 7) is 4.55. The van der Waals surface area contributed by atoms with Crippen molar-refractivity contribution in [1.29, 1.82) is 0 Å². The molecule has 0 radical (unpaired) electrons. The molecule has 2 fully saturated rings. The Hall–Kier alpha value is -1.31. The zero-order valence-corrected chi connectivity index (χ0v) is 18.1. The number of hydrogen-bond donors (Lipinski definition) is 0. The predicted molar refractivity (Wildman–Crippen MR) is 117 cm³/mol. The monoisotopic (exact) mass is 384 g/mol. The smallest absolute Gasteiger partial charge is 0.314 e. The third kappa shape index (κ3) is 6.09. The van der Waals surface area contributed by atoms with Crippen LogP contribution < -0.4 is 4.74 Å². The summed E-state index contributed by atoms with van der Waals surface area (Å²) in [5.41, 5.74) is 1.42. The molecule has 1 aromatic rings. The Kier molecular flexibility index (Phi) is 8.43. The van der Waals surface area contributed by atoms with Gasteiger partial charge in [-0.2, -0.15) is 0 Å². The summed E-state index contributed by atoms with van der Waals surface area (Å²) in [5.74, 6) is 3.28. The minimum absolute atomic E-state index is 0.0123. The van der Waals surface area contributed by atoms with E-state index in [4.69, 9.17) is 4.74 Å². The van der Waals surface area contributed by atoms with Crippen LogP contribution in [0.2, 0.25) is 0 Å². The van der Waals surface area contributed by atoms with Crippen molar-refractivity contribution in [2.45, 2.75) is 103 Å². The minimum atomic E-state index is -0.0123. The molecule has 0 aliphatic heterocycles. The van der Waals surface area contributed by atoms with Gasteiger partial charge in [-0.25, -0.2) is 0 Å². The highest BCUT2D eigenvalue weighted by Crippen LogP contribution is 2.38. The van der Waals surface area contributed by atoms with E-state index in [0.717, 1.165) is 30.4 Å². The molecule has 0 spiro atoms. The maximum absolute atomic E-state index is 12.6. The van der Waals surface area contributed by atoms with E-state index in [0.29, 0.717) is 5.92 Å². The molecular weight excluding hydrogens is 344 g/mol. The highest BCUT2D eigenvalue weighted by atomic mass is 16.5. The van der Waals surface area contributed by atoms with E-state index in [-0.39, 0.29) is 11.9 Å². The summed E-state index contributed by atoms with van der Waals surface area (Å²) >= 11 is 0. The van der Waals surface area contributed by atoms with Crippen molar-refractivity contribution in [3.63, 3.8) is 0 Å². The number of rotatable bonds is 8. The van der Waals surface area contributed by atoms with Crippen LogP contribution in [0.1, 0.15) is 109 Å². The minimum Gasteiger partial charge on any atom is -0.426 e. The Bertz CT molecular complexity index is 575. The van der Waals surface area contributed by atoms with Gasteiger partial charge in [0.2, 0.25) is 0 Å². The van der Waals surface area contributed by atoms with Crippen molar-refractivity contribution < 1.29 is 9.53 Å². The Morgan fingerprint density at radius 3 is 2.04 bits per heavy atom. The fourth-order valence-corrected chi connectivity index (χ4v) is 5.38. The van der Waals surface area contributed by atoms with Crippen molar-refractivity contribution in [3.8, 4) is 5.75 Å². The average molecular weight is 385 g/mol. The topological polar surface area (TPSA) is 26.3 Å². The van der Waals surface area contributed by atoms with Crippen LogP contribution in [0.3, 0.4) is 0 Å². The van der Waals surface area contributed by atoms with E-state index in [1.165, 1.54) is 76.2 Å². The van der Waals surface area contributed by atoms with Gasteiger partial charge >= 0.3 is 5.97 Å². The molecule has 2 aliphatic rings. The van der Waals surface area contributed by atoms with Crippen molar-refractivity contribution in [2.24, 2.45) is 17.8 Å². The van der Waals surface area contributed by atoms with Gasteiger partial charge in [0.25, 0.3) is 0 Å². The number of esters is 1. The molecule has 0 amide bonds. The van der Waals surface area contributed by atoms with Gasteiger partial charge in [-0.3, -0.25) is 4.79 Å². The normalized spacial score (nSPS) is 28.1. The van der Waals surface area contributed by atoms with E-state index in [9.17, 15) is 4.79 Å². The van der Waals surface area contributed by atoms with Crippen LogP contribution >= 0.6 is 0 Å². The van der Waals surface area contributed by atoms with Gasteiger partial charge in [-0.05, 0) is 86.8 Å². The lowest BCUT2D eigenvalue weighted by Crippen LogP contribution is -2.25. The first-order chi connectivity index (χ1) is 13.7. The second-order valence-electron chi connectivity index (χ2n) is 9.36. The molecule has 0 atom stereocenters. The molecule has 0 unspecified atom stereocenters. The second-order valence-corrected chi connectivity index (χ2v) is 9.36. The molecular formula is C26H40O2. The lowest BCUT2D eigenvalue weighted by molar-refractivity contribution is -0.140. The van der Waals surface area contributed by atoms with E-state index in [1.807, 2.05) is 12.1 Å². The number of ether oxygens (including phenoxy) is 1. The van der Waals surface area contributed by atoms with Crippen LogP contribution in [0.25, 0.3) is 0 Å². The Morgan fingerprint density at radius 1 is 0.821 bits per heavy atom. The van der Waals surface area contributed by atoms with Crippen LogP contribution in [0, 0.1) is 17.8 Å². The summed E-state index contributed by atoms with van der Waals surface area (Å²) in [4.78, 5) is 12.6. The first kappa shape index (κ1) is 21.4. The highest BCUT2D eigenvalue weighted by Gasteiger charge is 2.27. The Labute approximate surface area is 172 Å². The number of benzene rings is 1. The summed E-state index contributed by atoms with van der Waals surface area (Å²) in [7, 11) is 0. The number of hydrogen-bond acceptors (Lipinski definition) is 2. The average Bonchev–Trinajstić information content (AvgIpc) is 2.74. The van der Waals surface area contributed by atoms with Crippen LogP contribution in [-0.2, 0) is 4.79 Å². The fourth-order valence-electron chi connectivity index (χ4n) is 5.38. The molecule has 2 aliphatic carbocycles. The van der Waals surface area contributed by atoms with Crippen molar-refractivity contribution in [3.05, 3.63) is 29.8 Å². The Balaban J connectivity index is 1.44. The third-order valence-corrected chi connectivity index (χ3v) is 7.26. The maximum atomic E-state index is 12.6. The molecule has 0 bridgehead atoms. The number of carbonyl (C=O) groups excluding carboxylic acids is 1. The SMILES string of the molecule is CCCC[C@H]1CC[C@H](C(=O)Oc2ccc(C3CCC(CCC)CC3)cc2)CC1. The van der Waals surface area contributed by atoms with E-state index in [2.05, 4.69) is 26.0 Å². The van der Waals surface area contributed by atoms with Gasteiger partial charge in [0.1, 0.15) is 5.75 Å². The van der Waals surface area contributed by atoms with E-state index >= 15 is 0 Å². The fraction of sp³-hybridized carbons (Fsp3) is 0.731. The number of unbranched alkanes of at least 4 members (excludes halogenated alkanes) is 1. The van der Waals surface area contributed by atoms with Crippen LogP contribution in [-0.4, -0.2) is 5.97 Å². The Morgan fingerprint density at radius 2 is 1.43 bits per heavy atom. The highest BCUT2D eigenvalue weighted by molar-refractivity contribution is 5.75. The molecule has 156 valence electrons. The van der Waals surface area contributed by atoms with Gasteiger partial charge in [0.15, 0.2) is 0 Å². The molecule has 0 saturated heterocycles. The van der Waals surface area contributed by atoms with Gasteiger partial charge < -0.3 is 4.74 Å². The molecule has 0 heterocycles. The lowest BCUT2D eigenvalue weighted by Gasteiger charge is -2.29. The molecule has 28 heavy (non-hydrogen) atoms. The summed E-state index contributed by atoms with van der Waals surface area (Å²) in [5, 5.41) is 0. The summed E-state index contributed by atoms with van der Waals surface area (Å²) in [6.07, 6.45) is 16.4. The van der Waals surface area contributed by atoms with Gasteiger partial charge in [0, 0.05) is 0 Å². The molecule has 3 rings (SSSR count). The maximum Gasteiger partial charge on any atom is 0.314 e. The molecule has 1 aromatic carbocycles. The van der Waals surface area contributed by atoms with Crippen molar-refractivity contribution in [1.82, 2.24) is 0 Å². The zero-order valence-electron chi connectivity index (χ0n) is 18.1. The molecule has 2 saturated carbocycles. The number of carbonyl (C=O) groups is 1. The molecule has 0 aromatic heterocycles. The van der Waals surface area contributed by atoms with Crippen molar-refractivity contribution >= 4 is 5.97 Å². The molecule has 0 N–H and O–H groups in total. The van der Waals surface area contributed by atoms with E-state index < -0.39 is 0 Å². The lowest BCUT2D eigenvalue weighted by atomic mass is 9.77. The summed E-state index contributed by atoms with van der Waals surface area (Å²) < 4.78 is 5.72. The van der Waals surface area contributed by atoms with E-state index in [1.54, 1.807) is 0 Å². The predicted octanol–water partition coefficient (Wildman–Crippen LogP) is 7.66. The molecule has 2 heteroatoms. The van der Waals surface area contributed by atoms with Gasteiger partial charge in [-0.15, -0.1) is 0 Å². The quantitative estimate of drug-likeness (QED) is 0.339. The van der Waals surface area contributed by atoms with Crippen molar-refractivity contribution in [2.75, 3.05) is 0 Å². The first-order valence-electron chi connectivity index (χ1n) is 12.0. The zero-order chi connectivity index (χ0) is 19.8. The van der Waals surface area contributed by atoms with Gasteiger partial charge in [0.05, 0.1) is 5.92 Å². The molecule has 2 nitrogen and oxygen atoms in total.